The highest BCUT2D eigenvalue weighted by atomic mass is 16.3. The molecule has 1 N–H and O–H groups in total. The quantitative estimate of drug-likeness (QED) is 0.773. The van der Waals surface area contributed by atoms with Gasteiger partial charge < -0.3 is 5.11 Å². The second kappa shape index (κ2) is 5.07. The molecule has 2 nitrogen and oxygen atoms in total. The molecule has 94 valence electrons. The van der Waals surface area contributed by atoms with E-state index in [1.165, 1.54) is 29.2 Å². The van der Waals surface area contributed by atoms with Crippen LogP contribution in [-0.4, -0.2) is 16.2 Å². The van der Waals surface area contributed by atoms with Crippen LogP contribution in [-0.2, 0) is 0 Å². The first-order chi connectivity index (χ1) is 8.86. The van der Waals surface area contributed by atoms with Gasteiger partial charge >= 0.3 is 0 Å². The molecule has 1 heterocycles. The number of nitrogens with zero attached hydrogens (tertiary/aromatic N) is 1. The van der Waals surface area contributed by atoms with E-state index in [0.29, 0.717) is 0 Å². The van der Waals surface area contributed by atoms with E-state index in [1.807, 2.05) is 18.5 Å². The standard InChI is InChI=1S/C16H19NO/c18-16-9-3-1-2-8-14(16)15-11-17-10-12-6-4-5-7-13(12)15/h4-7,10-11,14,16,18H,1-3,8-9H2. The molecule has 1 aliphatic carbocycles. The fourth-order valence-electron chi connectivity index (χ4n) is 3.09. The molecule has 2 aromatic rings. The molecule has 2 unspecified atom stereocenters. The van der Waals surface area contributed by atoms with E-state index in [4.69, 9.17) is 0 Å². The Hall–Kier alpha value is -1.41. The Morgan fingerprint density at radius 3 is 2.78 bits per heavy atom. The molecule has 2 heteroatoms. The van der Waals surface area contributed by atoms with Gasteiger partial charge in [-0.25, -0.2) is 0 Å². The van der Waals surface area contributed by atoms with Crippen molar-refractivity contribution in [2.24, 2.45) is 0 Å². The molecule has 1 aliphatic rings. The number of pyridine rings is 1. The lowest BCUT2D eigenvalue weighted by Gasteiger charge is -2.21. The van der Waals surface area contributed by atoms with Crippen molar-refractivity contribution in [1.82, 2.24) is 4.98 Å². The highest BCUT2D eigenvalue weighted by Crippen LogP contribution is 2.35. The molecule has 1 fully saturated rings. The fraction of sp³-hybridized carbons (Fsp3) is 0.438. The Morgan fingerprint density at radius 2 is 1.83 bits per heavy atom. The zero-order chi connectivity index (χ0) is 12.4. The highest BCUT2D eigenvalue weighted by Gasteiger charge is 2.24. The van der Waals surface area contributed by atoms with E-state index in [1.54, 1.807) is 0 Å². The first-order valence-electron chi connectivity index (χ1n) is 6.87. The van der Waals surface area contributed by atoms with E-state index in [0.717, 1.165) is 19.3 Å². The Bertz CT molecular complexity index is 532. The molecule has 0 aliphatic heterocycles. The zero-order valence-electron chi connectivity index (χ0n) is 10.5. The van der Waals surface area contributed by atoms with Gasteiger partial charge in [-0.3, -0.25) is 4.98 Å². The van der Waals surface area contributed by atoms with Crippen molar-refractivity contribution in [3.8, 4) is 0 Å². The summed E-state index contributed by atoms with van der Waals surface area (Å²) in [5.74, 6) is 0.256. The summed E-state index contributed by atoms with van der Waals surface area (Å²) in [4.78, 5) is 4.34. The summed E-state index contributed by atoms with van der Waals surface area (Å²) in [6, 6.07) is 8.34. The number of hydrogen-bond donors (Lipinski definition) is 1. The third-order valence-electron chi connectivity index (χ3n) is 4.08. The van der Waals surface area contributed by atoms with Gasteiger partial charge in [0.25, 0.3) is 0 Å². The highest BCUT2D eigenvalue weighted by molar-refractivity contribution is 5.85. The topological polar surface area (TPSA) is 33.1 Å². The molecule has 0 radical (unpaired) electrons. The van der Waals surface area contributed by atoms with Gasteiger partial charge in [-0.2, -0.15) is 0 Å². The molecule has 2 atom stereocenters. The lowest BCUT2D eigenvalue weighted by atomic mass is 9.88. The smallest absolute Gasteiger partial charge is 0.0609 e. The summed E-state index contributed by atoms with van der Waals surface area (Å²) < 4.78 is 0. The van der Waals surface area contributed by atoms with Crippen LogP contribution in [0.15, 0.2) is 36.7 Å². The predicted molar refractivity (Wildman–Crippen MR) is 73.6 cm³/mol. The van der Waals surface area contributed by atoms with Crippen LogP contribution in [0.1, 0.15) is 43.6 Å². The van der Waals surface area contributed by atoms with Crippen LogP contribution in [0, 0.1) is 0 Å². The summed E-state index contributed by atoms with van der Waals surface area (Å²) in [6.07, 6.45) is 9.25. The maximum Gasteiger partial charge on any atom is 0.0609 e. The van der Waals surface area contributed by atoms with E-state index >= 15 is 0 Å². The molecular formula is C16H19NO. The Labute approximate surface area is 108 Å². The molecule has 18 heavy (non-hydrogen) atoms. The summed E-state index contributed by atoms with van der Waals surface area (Å²) in [5, 5.41) is 12.8. The van der Waals surface area contributed by atoms with Crippen LogP contribution in [0.5, 0.6) is 0 Å². The third kappa shape index (κ3) is 2.13. The van der Waals surface area contributed by atoms with Crippen molar-refractivity contribution in [1.29, 1.82) is 0 Å². The van der Waals surface area contributed by atoms with Gasteiger partial charge in [0, 0.05) is 23.7 Å². The van der Waals surface area contributed by atoms with Crippen LogP contribution in [0.4, 0.5) is 0 Å². The molecule has 0 spiro atoms. The van der Waals surface area contributed by atoms with E-state index < -0.39 is 0 Å². The first-order valence-corrected chi connectivity index (χ1v) is 6.87. The van der Waals surface area contributed by atoms with Crippen molar-refractivity contribution in [3.63, 3.8) is 0 Å². The van der Waals surface area contributed by atoms with E-state index in [2.05, 4.69) is 23.2 Å². The van der Waals surface area contributed by atoms with Gasteiger partial charge in [-0.05, 0) is 23.8 Å². The van der Waals surface area contributed by atoms with Gasteiger partial charge in [0.1, 0.15) is 0 Å². The minimum Gasteiger partial charge on any atom is -0.392 e. The van der Waals surface area contributed by atoms with E-state index in [-0.39, 0.29) is 12.0 Å². The average Bonchev–Trinajstić information content (AvgIpc) is 2.63. The second-order valence-corrected chi connectivity index (χ2v) is 5.26. The SMILES string of the molecule is OC1CCCCCC1c1cncc2ccccc12. The number of aromatic nitrogens is 1. The van der Waals surface area contributed by atoms with Crippen molar-refractivity contribution in [2.75, 3.05) is 0 Å². The average molecular weight is 241 g/mol. The Morgan fingerprint density at radius 1 is 1.00 bits per heavy atom. The molecular weight excluding hydrogens is 222 g/mol. The molecule has 1 aromatic carbocycles. The summed E-state index contributed by atoms with van der Waals surface area (Å²) in [7, 11) is 0. The number of benzene rings is 1. The number of hydrogen-bond acceptors (Lipinski definition) is 2. The third-order valence-corrected chi connectivity index (χ3v) is 4.08. The minimum atomic E-state index is -0.208. The fourth-order valence-corrected chi connectivity index (χ4v) is 3.09. The van der Waals surface area contributed by atoms with Crippen molar-refractivity contribution >= 4 is 10.8 Å². The Balaban J connectivity index is 2.07. The summed E-state index contributed by atoms with van der Waals surface area (Å²) in [5.41, 5.74) is 1.22. The molecule has 3 rings (SSSR count). The van der Waals surface area contributed by atoms with Gasteiger partial charge in [0.15, 0.2) is 0 Å². The van der Waals surface area contributed by atoms with Gasteiger partial charge in [0.05, 0.1) is 6.10 Å². The normalized spacial score (nSPS) is 24.9. The lowest BCUT2D eigenvalue weighted by Crippen LogP contribution is -2.17. The number of aliphatic hydroxyl groups excluding tert-OH is 1. The van der Waals surface area contributed by atoms with Crippen molar-refractivity contribution in [2.45, 2.75) is 44.1 Å². The maximum absolute atomic E-state index is 10.3. The number of aliphatic hydroxyl groups is 1. The number of fused-ring (bicyclic) bond motifs is 1. The van der Waals surface area contributed by atoms with Crippen LogP contribution in [0.25, 0.3) is 10.8 Å². The summed E-state index contributed by atoms with van der Waals surface area (Å²) >= 11 is 0. The first kappa shape index (κ1) is 11.7. The predicted octanol–water partition coefficient (Wildman–Crippen LogP) is 3.64. The second-order valence-electron chi connectivity index (χ2n) is 5.26. The van der Waals surface area contributed by atoms with E-state index in [9.17, 15) is 5.11 Å². The Kier molecular flexibility index (Phi) is 3.28. The molecule has 0 amide bonds. The summed E-state index contributed by atoms with van der Waals surface area (Å²) in [6.45, 7) is 0. The molecule has 1 aromatic heterocycles. The van der Waals surface area contributed by atoms with Crippen LogP contribution < -0.4 is 0 Å². The molecule has 0 saturated heterocycles. The molecule has 0 bridgehead atoms. The molecule has 1 saturated carbocycles. The van der Waals surface area contributed by atoms with Gasteiger partial charge in [-0.1, -0.05) is 43.5 Å². The minimum absolute atomic E-state index is 0.208. The van der Waals surface area contributed by atoms with Crippen molar-refractivity contribution < 1.29 is 5.11 Å². The van der Waals surface area contributed by atoms with Crippen LogP contribution >= 0.6 is 0 Å². The zero-order valence-corrected chi connectivity index (χ0v) is 10.5. The lowest BCUT2D eigenvalue weighted by molar-refractivity contribution is 0.135. The monoisotopic (exact) mass is 241 g/mol. The number of rotatable bonds is 1. The van der Waals surface area contributed by atoms with Crippen LogP contribution in [0.2, 0.25) is 0 Å². The largest absolute Gasteiger partial charge is 0.392 e. The van der Waals surface area contributed by atoms with Gasteiger partial charge in [-0.15, -0.1) is 0 Å². The van der Waals surface area contributed by atoms with Gasteiger partial charge in [0.2, 0.25) is 0 Å². The van der Waals surface area contributed by atoms with Crippen LogP contribution in [0.3, 0.4) is 0 Å². The van der Waals surface area contributed by atoms with Crippen molar-refractivity contribution in [3.05, 3.63) is 42.2 Å². The maximum atomic E-state index is 10.3.